The zero-order chi connectivity index (χ0) is 16.3. The number of carbonyl (C=O) groups is 2. The number of ether oxygens (including phenoxy) is 1. The van der Waals surface area contributed by atoms with Crippen LogP contribution in [-0.4, -0.2) is 23.6 Å². The van der Waals surface area contributed by atoms with E-state index in [-0.39, 0.29) is 5.56 Å². The fourth-order valence-electron chi connectivity index (χ4n) is 1.76. The molecule has 116 valence electrons. The summed E-state index contributed by atoms with van der Waals surface area (Å²) in [5, 5.41) is 6.91. The molecule has 2 aromatic rings. The largest absolute Gasteiger partial charge is 0.452 e. The maximum atomic E-state index is 11.9. The van der Waals surface area contributed by atoms with Gasteiger partial charge in [0.1, 0.15) is 11.3 Å². The number of amides is 1. The Labute approximate surface area is 136 Å². The highest BCUT2D eigenvalue weighted by Crippen LogP contribution is 2.25. The predicted octanol–water partition coefficient (Wildman–Crippen LogP) is 3.39. The molecule has 0 saturated heterocycles. The van der Waals surface area contributed by atoms with Crippen LogP contribution >= 0.6 is 23.2 Å². The van der Waals surface area contributed by atoms with Crippen molar-refractivity contribution in [2.75, 3.05) is 11.9 Å². The van der Waals surface area contributed by atoms with Crippen LogP contribution in [0.15, 0.2) is 22.7 Å². The predicted molar refractivity (Wildman–Crippen MR) is 81.4 cm³/mol. The average molecular weight is 343 g/mol. The molecule has 0 aliphatic rings. The molecule has 1 aromatic carbocycles. The Balaban J connectivity index is 1.96. The van der Waals surface area contributed by atoms with Crippen LogP contribution in [0.2, 0.25) is 10.0 Å². The SMILES string of the molecule is Cc1noc(C)c1C(=O)OCC(=O)Nc1cc(Cl)ccc1Cl. The zero-order valence-corrected chi connectivity index (χ0v) is 13.3. The molecule has 0 aliphatic heterocycles. The Bertz CT molecular complexity index is 708. The van der Waals surface area contributed by atoms with Crippen LogP contribution in [0.5, 0.6) is 0 Å². The number of hydrogen-bond donors (Lipinski definition) is 1. The molecule has 1 N–H and O–H groups in total. The maximum absolute atomic E-state index is 11.9. The third-order valence-electron chi connectivity index (χ3n) is 2.77. The first-order valence-electron chi connectivity index (χ1n) is 6.23. The van der Waals surface area contributed by atoms with Crippen molar-refractivity contribution in [3.05, 3.63) is 45.3 Å². The van der Waals surface area contributed by atoms with Gasteiger partial charge in [0.25, 0.3) is 5.91 Å². The summed E-state index contributed by atoms with van der Waals surface area (Å²) in [7, 11) is 0. The number of nitrogens with zero attached hydrogens (tertiary/aromatic N) is 1. The van der Waals surface area contributed by atoms with E-state index in [1.807, 2.05) is 0 Å². The number of nitrogens with one attached hydrogen (secondary N) is 1. The average Bonchev–Trinajstić information content (AvgIpc) is 2.80. The number of aryl methyl sites for hydroxylation is 2. The van der Waals surface area contributed by atoms with Gasteiger partial charge < -0.3 is 14.6 Å². The number of rotatable bonds is 4. The minimum atomic E-state index is -0.677. The van der Waals surface area contributed by atoms with E-state index in [9.17, 15) is 9.59 Å². The van der Waals surface area contributed by atoms with Gasteiger partial charge in [0.2, 0.25) is 0 Å². The molecule has 0 bridgehead atoms. The van der Waals surface area contributed by atoms with Crippen LogP contribution in [0.1, 0.15) is 21.8 Å². The number of carbonyl (C=O) groups excluding carboxylic acids is 2. The first-order chi connectivity index (χ1) is 10.4. The fraction of sp³-hybridized carbons (Fsp3) is 0.214. The number of halogens is 2. The number of anilines is 1. The third-order valence-corrected chi connectivity index (χ3v) is 3.34. The van der Waals surface area contributed by atoms with Gasteiger partial charge in [-0.3, -0.25) is 4.79 Å². The molecule has 6 nitrogen and oxygen atoms in total. The van der Waals surface area contributed by atoms with E-state index in [0.717, 1.165) is 0 Å². The molecule has 0 saturated carbocycles. The lowest BCUT2D eigenvalue weighted by Gasteiger charge is -2.08. The lowest BCUT2D eigenvalue weighted by Crippen LogP contribution is -2.21. The highest BCUT2D eigenvalue weighted by molar-refractivity contribution is 6.35. The Morgan fingerprint density at radius 2 is 2.05 bits per heavy atom. The van der Waals surface area contributed by atoms with Crippen molar-refractivity contribution in [2.24, 2.45) is 0 Å². The van der Waals surface area contributed by atoms with Crippen molar-refractivity contribution >= 4 is 40.8 Å². The first-order valence-corrected chi connectivity index (χ1v) is 6.99. The minimum absolute atomic E-state index is 0.216. The van der Waals surface area contributed by atoms with Gasteiger partial charge in [0, 0.05) is 5.02 Å². The summed E-state index contributed by atoms with van der Waals surface area (Å²) in [6.07, 6.45) is 0. The summed E-state index contributed by atoms with van der Waals surface area (Å²) in [6, 6.07) is 4.64. The van der Waals surface area contributed by atoms with Crippen molar-refractivity contribution in [1.82, 2.24) is 5.16 Å². The Morgan fingerprint density at radius 1 is 1.32 bits per heavy atom. The molecular weight excluding hydrogens is 331 g/mol. The summed E-state index contributed by atoms with van der Waals surface area (Å²) in [6.45, 7) is 2.73. The summed E-state index contributed by atoms with van der Waals surface area (Å²) in [4.78, 5) is 23.7. The fourth-order valence-corrected chi connectivity index (χ4v) is 2.09. The van der Waals surface area contributed by atoms with Crippen LogP contribution in [-0.2, 0) is 9.53 Å². The van der Waals surface area contributed by atoms with E-state index in [1.165, 1.54) is 6.07 Å². The van der Waals surface area contributed by atoms with E-state index >= 15 is 0 Å². The molecule has 22 heavy (non-hydrogen) atoms. The van der Waals surface area contributed by atoms with Crippen molar-refractivity contribution in [3.8, 4) is 0 Å². The molecule has 1 aromatic heterocycles. The molecular formula is C14H12Cl2N2O4. The second-order valence-corrected chi connectivity index (χ2v) is 5.29. The first kappa shape index (κ1) is 16.3. The van der Waals surface area contributed by atoms with E-state index in [4.69, 9.17) is 32.5 Å². The summed E-state index contributed by atoms with van der Waals surface area (Å²) < 4.78 is 9.79. The van der Waals surface area contributed by atoms with Crippen molar-refractivity contribution in [2.45, 2.75) is 13.8 Å². The Kier molecular flexibility index (Phi) is 5.05. The summed E-state index contributed by atoms with van der Waals surface area (Å²) in [5.41, 5.74) is 0.960. The summed E-state index contributed by atoms with van der Waals surface area (Å²) in [5.74, 6) is -0.881. The molecule has 0 aliphatic carbocycles. The minimum Gasteiger partial charge on any atom is -0.452 e. The standard InChI is InChI=1S/C14H12Cl2N2O4/c1-7-13(8(2)22-18-7)14(20)21-6-12(19)17-11-5-9(15)3-4-10(11)16/h3-5H,6H2,1-2H3,(H,17,19). The molecule has 0 spiro atoms. The van der Waals surface area contributed by atoms with Gasteiger partial charge in [-0.25, -0.2) is 4.79 Å². The van der Waals surface area contributed by atoms with Crippen molar-refractivity contribution in [3.63, 3.8) is 0 Å². The van der Waals surface area contributed by atoms with Crippen molar-refractivity contribution < 1.29 is 18.8 Å². The van der Waals surface area contributed by atoms with Gasteiger partial charge in [-0.15, -0.1) is 0 Å². The second kappa shape index (κ2) is 6.81. The Morgan fingerprint density at radius 3 is 2.68 bits per heavy atom. The lowest BCUT2D eigenvalue weighted by atomic mass is 10.2. The monoisotopic (exact) mass is 342 g/mol. The second-order valence-electron chi connectivity index (χ2n) is 4.45. The third kappa shape index (κ3) is 3.78. The van der Waals surface area contributed by atoms with Crippen LogP contribution in [0.3, 0.4) is 0 Å². The van der Waals surface area contributed by atoms with Gasteiger partial charge in [-0.05, 0) is 32.0 Å². The number of benzene rings is 1. The van der Waals surface area contributed by atoms with Crippen molar-refractivity contribution in [1.29, 1.82) is 0 Å². The van der Waals surface area contributed by atoms with Gasteiger partial charge >= 0.3 is 5.97 Å². The van der Waals surface area contributed by atoms with Gasteiger partial charge in [0.05, 0.1) is 16.4 Å². The van der Waals surface area contributed by atoms with Gasteiger partial charge in [-0.2, -0.15) is 0 Å². The number of esters is 1. The van der Waals surface area contributed by atoms with Crippen LogP contribution in [0.4, 0.5) is 5.69 Å². The number of aromatic nitrogens is 1. The molecule has 0 fully saturated rings. The lowest BCUT2D eigenvalue weighted by molar-refractivity contribution is -0.119. The van der Waals surface area contributed by atoms with E-state index < -0.39 is 18.5 Å². The molecule has 0 atom stereocenters. The zero-order valence-electron chi connectivity index (χ0n) is 11.8. The van der Waals surface area contributed by atoms with Crippen LogP contribution in [0, 0.1) is 13.8 Å². The molecule has 0 unspecified atom stereocenters. The highest BCUT2D eigenvalue weighted by Gasteiger charge is 2.20. The molecule has 8 heteroatoms. The molecule has 1 amide bonds. The number of hydrogen-bond acceptors (Lipinski definition) is 5. The summed E-state index contributed by atoms with van der Waals surface area (Å²) >= 11 is 11.7. The van der Waals surface area contributed by atoms with E-state index in [1.54, 1.807) is 26.0 Å². The van der Waals surface area contributed by atoms with Crippen LogP contribution in [0.25, 0.3) is 0 Å². The maximum Gasteiger partial charge on any atom is 0.344 e. The molecule has 0 radical (unpaired) electrons. The van der Waals surface area contributed by atoms with E-state index in [2.05, 4.69) is 10.5 Å². The van der Waals surface area contributed by atoms with Gasteiger partial charge in [-0.1, -0.05) is 28.4 Å². The highest BCUT2D eigenvalue weighted by atomic mass is 35.5. The van der Waals surface area contributed by atoms with E-state index in [0.29, 0.717) is 27.2 Å². The normalized spacial score (nSPS) is 10.4. The quantitative estimate of drug-likeness (QED) is 0.861. The van der Waals surface area contributed by atoms with Crippen LogP contribution < -0.4 is 5.32 Å². The van der Waals surface area contributed by atoms with Gasteiger partial charge in [0.15, 0.2) is 6.61 Å². The topological polar surface area (TPSA) is 81.4 Å². The molecule has 2 rings (SSSR count). The molecule has 1 heterocycles. The Hall–Kier alpha value is -2.05. The smallest absolute Gasteiger partial charge is 0.344 e.